The third-order valence-electron chi connectivity index (χ3n) is 3.70. The molecule has 5 heteroatoms. The van der Waals surface area contributed by atoms with Gasteiger partial charge in [-0.1, -0.05) is 27.3 Å². The van der Waals surface area contributed by atoms with Crippen LogP contribution >= 0.6 is 38.6 Å². The van der Waals surface area contributed by atoms with Gasteiger partial charge in [0.15, 0.2) is 5.13 Å². The summed E-state index contributed by atoms with van der Waals surface area (Å²) in [6.45, 7) is 0. The first-order valence-corrected chi connectivity index (χ1v) is 9.17. The molecule has 0 spiro atoms. The summed E-state index contributed by atoms with van der Waals surface area (Å²) in [5.74, 6) is 0. The minimum Gasteiger partial charge on any atom is -0.355 e. The van der Waals surface area contributed by atoms with Gasteiger partial charge in [0.2, 0.25) is 0 Å². The third kappa shape index (κ3) is 2.28. The number of nitrogens with zero attached hydrogens (tertiary/aromatic N) is 1. The van der Waals surface area contributed by atoms with Crippen molar-refractivity contribution < 1.29 is 0 Å². The van der Waals surface area contributed by atoms with Crippen molar-refractivity contribution >= 4 is 54.0 Å². The van der Waals surface area contributed by atoms with Crippen molar-refractivity contribution in [3.63, 3.8) is 0 Å². The van der Waals surface area contributed by atoms with Crippen molar-refractivity contribution in [2.75, 3.05) is 5.32 Å². The van der Waals surface area contributed by atoms with Gasteiger partial charge in [0.05, 0.1) is 16.3 Å². The molecule has 0 radical (unpaired) electrons. The summed E-state index contributed by atoms with van der Waals surface area (Å²) in [6, 6.07) is 8.94. The Morgan fingerprint density at radius 2 is 2.25 bits per heavy atom. The van der Waals surface area contributed by atoms with Crippen molar-refractivity contribution in [1.82, 2.24) is 4.98 Å². The molecule has 2 heterocycles. The predicted octanol–water partition coefficient (Wildman–Crippen LogP) is 5.61. The molecule has 0 saturated carbocycles. The van der Waals surface area contributed by atoms with Crippen LogP contribution in [0.4, 0.5) is 5.13 Å². The zero-order valence-corrected chi connectivity index (χ0v) is 13.9. The third-order valence-corrected chi connectivity index (χ3v) is 6.14. The SMILES string of the molecule is Brc1ccc2nc(NC3CCCc4sccc43)sc2c1. The molecule has 1 atom stereocenters. The number of halogens is 1. The fraction of sp³-hybridized carbons (Fsp3) is 0.267. The summed E-state index contributed by atoms with van der Waals surface area (Å²) < 4.78 is 2.33. The lowest BCUT2D eigenvalue weighted by molar-refractivity contribution is 0.608. The van der Waals surface area contributed by atoms with Gasteiger partial charge in [0.25, 0.3) is 0 Å². The van der Waals surface area contributed by atoms with E-state index in [0.29, 0.717) is 6.04 Å². The van der Waals surface area contributed by atoms with Crippen LogP contribution in [-0.4, -0.2) is 4.98 Å². The Morgan fingerprint density at radius 1 is 1.30 bits per heavy atom. The molecule has 1 N–H and O–H groups in total. The molecular formula is C15H13BrN2S2. The number of aromatic nitrogens is 1. The van der Waals surface area contributed by atoms with Gasteiger partial charge in [-0.15, -0.1) is 11.3 Å². The number of fused-ring (bicyclic) bond motifs is 2. The molecule has 0 fully saturated rings. The topological polar surface area (TPSA) is 24.9 Å². The number of thiazole rings is 1. The molecule has 0 amide bonds. The van der Waals surface area contributed by atoms with E-state index < -0.39 is 0 Å². The molecular weight excluding hydrogens is 352 g/mol. The summed E-state index contributed by atoms with van der Waals surface area (Å²) in [7, 11) is 0. The number of hydrogen-bond donors (Lipinski definition) is 1. The lowest BCUT2D eigenvalue weighted by Gasteiger charge is -2.23. The van der Waals surface area contributed by atoms with E-state index in [4.69, 9.17) is 4.98 Å². The maximum absolute atomic E-state index is 4.70. The minimum atomic E-state index is 0.425. The highest BCUT2D eigenvalue weighted by Crippen LogP contribution is 2.37. The first kappa shape index (κ1) is 12.8. The molecule has 1 aromatic carbocycles. The van der Waals surface area contributed by atoms with Crippen LogP contribution < -0.4 is 5.32 Å². The second-order valence-corrected chi connectivity index (χ2v) is 7.97. The van der Waals surface area contributed by atoms with Crippen LogP contribution in [0, 0.1) is 0 Å². The zero-order chi connectivity index (χ0) is 13.5. The van der Waals surface area contributed by atoms with Crippen molar-refractivity contribution in [2.45, 2.75) is 25.3 Å². The molecule has 0 bridgehead atoms. The maximum Gasteiger partial charge on any atom is 0.184 e. The first-order valence-electron chi connectivity index (χ1n) is 6.68. The van der Waals surface area contributed by atoms with Gasteiger partial charge in [-0.2, -0.15) is 0 Å². The molecule has 1 unspecified atom stereocenters. The Balaban J connectivity index is 1.65. The van der Waals surface area contributed by atoms with E-state index in [1.165, 1.54) is 34.4 Å². The van der Waals surface area contributed by atoms with E-state index in [-0.39, 0.29) is 0 Å². The number of rotatable bonds is 2. The molecule has 0 aliphatic heterocycles. The minimum absolute atomic E-state index is 0.425. The van der Waals surface area contributed by atoms with Gasteiger partial charge < -0.3 is 5.32 Å². The van der Waals surface area contributed by atoms with Crippen molar-refractivity contribution in [1.29, 1.82) is 0 Å². The molecule has 0 saturated heterocycles. The molecule has 102 valence electrons. The van der Waals surface area contributed by atoms with Crippen LogP contribution in [0.5, 0.6) is 0 Å². The second-order valence-electron chi connectivity index (χ2n) is 5.02. The van der Waals surface area contributed by atoms with Crippen LogP contribution in [0.25, 0.3) is 10.2 Å². The Labute approximate surface area is 134 Å². The molecule has 4 rings (SSSR count). The lowest BCUT2D eigenvalue weighted by atomic mass is 9.94. The van der Waals surface area contributed by atoms with Gasteiger partial charge >= 0.3 is 0 Å². The highest BCUT2D eigenvalue weighted by atomic mass is 79.9. The quantitative estimate of drug-likeness (QED) is 0.639. The lowest BCUT2D eigenvalue weighted by Crippen LogP contribution is -2.15. The summed E-state index contributed by atoms with van der Waals surface area (Å²) >= 11 is 7.13. The highest BCUT2D eigenvalue weighted by molar-refractivity contribution is 9.10. The summed E-state index contributed by atoms with van der Waals surface area (Å²) in [5, 5.41) is 6.87. The van der Waals surface area contributed by atoms with Gasteiger partial charge in [-0.3, -0.25) is 0 Å². The van der Waals surface area contributed by atoms with Crippen molar-refractivity contribution in [3.8, 4) is 0 Å². The van der Waals surface area contributed by atoms with Crippen LogP contribution in [0.15, 0.2) is 34.1 Å². The number of hydrogen-bond acceptors (Lipinski definition) is 4. The number of anilines is 1. The van der Waals surface area contributed by atoms with Crippen LogP contribution in [0.1, 0.15) is 29.3 Å². The summed E-state index contributed by atoms with van der Waals surface area (Å²) in [6.07, 6.45) is 3.70. The molecule has 3 aromatic rings. The largest absolute Gasteiger partial charge is 0.355 e. The number of aryl methyl sites for hydroxylation is 1. The van der Waals surface area contributed by atoms with E-state index >= 15 is 0 Å². The summed E-state index contributed by atoms with van der Waals surface area (Å²) in [4.78, 5) is 6.23. The predicted molar refractivity (Wildman–Crippen MR) is 90.9 cm³/mol. The van der Waals surface area contributed by atoms with E-state index in [2.05, 4.69) is 44.8 Å². The average molecular weight is 365 g/mol. The smallest absolute Gasteiger partial charge is 0.184 e. The first-order chi connectivity index (χ1) is 9.79. The van der Waals surface area contributed by atoms with Gasteiger partial charge in [0, 0.05) is 9.35 Å². The Morgan fingerprint density at radius 3 is 3.20 bits per heavy atom. The molecule has 1 aliphatic carbocycles. The molecule has 2 aromatic heterocycles. The van der Waals surface area contributed by atoms with E-state index in [0.717, 1.165) is 15.1 Å². The van der Waals surface area contributed by atoms with Gasteiger partial charge in [0.1, 0.15) is 0 Å². The van der Waals surface area contributed by atoms with E-state index in [1.807, 2.05) is 17.4 Å². The highest BCUT2D eigenvalue weighted by Gasteiger charge is 2.21. The average Bonchev–Trinajstić information content (AvgIpc) is 3.04. The number of thiophene rings is 1. The second kappa shape index (κ2) is 5.13. The fourth-order valence-electron chi connectivity index (χ4n) is 2.75. The van der Waals surface area contributed by atoms with Crippen LogP contribution in [0.3, 0.4) is 0 Å². The standard InChI is InChI=1S/C15H13BrN2S2/c16-9-4-5-12-14(8-9)20-15(18-12)17-11-2-1-3-13-10(11)6-7-19-13/h4-8,11H,1-3H2,(H,17,18). The van der Waals surface area contributed by atoms with Crippen molar-refractivity contribution in [3.05, 3.63) is 44.6 Å². The molecule has 1 aliphatic rings. The Kier molecular flexibility index (Phi) is 3.28. The fourth-order valence-corrected chi connectivity index (χ4v) is 5.20. The number of benzene rings is 1. The molecule has 2 nitrogen and oxygen atoms in total. The Bertz CT molecular complexity index is 762. The summed E-state index contributed by atoms with van der Waals surface area (Å²) in [5.41, 5.74) is 2.55. The monoisotopic (exact) mass is 364 g/mol. The zero-order valence-electron chi connectivity index (χ0n) is 10.7. The van der Waals surface area contributed by atoms with E-state index in [9.17, 15) is 0 Å². The maximum atomic E-state index is 4.70. The van der Waals surface area contributed by atoms with E-state index in [1.54, 1.807) is 11.3 Å². The number of nitrogens with one attached hydrogen (secondary N) is 1. The van der Waals surface area contributed by atoms with Crippen LogP contribution in [-0.2, 0) is 6.42 Å². The van der Waals surface area contributed by atoms with Gasteiger partial charge in [-0.25, -0.2) is 4.98 Å². The van der Waals surface area contributed by atoms with Gasteiger partial charge in [-0.05, 0) is 54.5 Å². The normalized spacial score (nSPS) is 18.1. The molecule has 20 heavy (non-hydrogen) atoms. The van der Waals surface area contributed by atoms with Crippen LogP contribution in [0.2, 0.25) is 0 Å². The Hall–Kier alpha value is -0.910. The van der Waals surface area contributed by atoms with Crippen molar-refractivity contribution in [2.24, 2.45) is 0 Å².